The first-order valence-corrected chi connectivity index (χ1v) is 3.60. The minimum Gasteiger partial charge on any atom is -0.393 e. The highest BCUT2D eigenvalue weighted by atomic mass is 16.3. The molecule has 0 rings (SSSR count). The van der Waals surface area contributed by atoms with Crippen molar-refractivity contribution in [3.63, 3.8) is 0 Å². The van der Waals surface area contributed by atoms with Crippen molar-refractivity contribution < 1.29 is 5.11 Å². The summed E-state index contributed by atoms with van der Waals surface area (Å²) in [6.07, 6.45) is 1.60. The molecule has 0 radical (unpaired) electrons. The molecule has 0 fully saturated rings. The molecule has 2 atom stereocenters. The second-order valence-electron chi connectivity index (χ2n) is 2.53. The molecule has 0 aromatic carbocycles. The van der Waals surface area contributed by atoms with E-state index in [1.165, 1.54) is 0 Å². The molecule has 0 amide bonds. The van der Waals surface area contributed by atoms with Gasteiger partial charge in [0, 0.05) is 0 Å². The van der Waals surface area contributed by atoms with Crippen molar-refractivity contribution in [2.45, 2.75) is 32.8 Å². The van der Waals surface area contributed by atoms with Crippen molar-refractivity contribution >= 4 is 0 Å². The molecule has 2 nitrogen and oxygen atoms in total. The van der Waals surface area contributed by atoms with Crippen LogP contribution in [0.3, 0.4) is 0 Å². The average molecular weight is 131 g/mol. The molecule has 0 saturated heterocycles. The maximum atomic E-state index is 9.20. The van der Waals surface area contributed by atoms with Crippen LogP contribution in [0.25, 0.3) is 0 Å². The van der Waals surface area contributed by atoms with Crippen molar-refractivity contribution in [1.82, 2.24) is 0 Å². The third kappa shape index (κ3) is 3.49. The van der Waals surface area contributed by atoms with E-state index >= 15 is 0 Å². The van der Waals surface area contributed by atoms with E-state index in [4.69, 9.17) is 5.73 Å². The first kappa shape index (κ1) is 8.92. The number of hydrogen-bond donors (Lipinski definition) is 2. The minimum absolute atomic E-state index is 0.159. The normalized spacial score (nSPS) is 17.3. The monoisotopic (exact) mass is 131 g/mol. The van der Waals surface area contributed by atoms with E-state index in [-0.39, 0.29) is 6.10 Å². The van der Waals surface area contributed by atoms with Crippen molar-refractivity contribution in [3.05, 3.63) is 0 Å². The largest absolute Gasteiger partial charge is 0.393 e. The lowest BCUT2D eigenvalue weighted by atomic mass is 9.99. The summed E-state index contributed by atoms with van der Waals surface area (Å²) in [4.78, 5) is 0. The van der Waals surface area contributed by atoms with Crippen LogP contribution in [0.2, 0.25) is 0 Å². The van der Waals surface area contributed by atoms with Gasteiger partial charge in [0.05, 0.1) is 6.10 Å². The van der Waals surface area contributed by atoms with Crippen LogP contribution in [0.4, 0.5) is 0 Å². The van der Waals surface area contributed by atoms with Gasteiger partial charge in [-0.15, -0.1) is 0 Å². The van der Waals surface area contributed by atoms with Crippen molar-refractivity contribution in [3.8, 4) is 0 Å². The Hall–Kier alpha value is -0.0800. The number of aliphatic hydroxyl groups excluding tert-OH is 1. The van der Waals surface area contributed by atoms with Crippen LogP contribution < -0.4 is 5.73 Å². The van der Waals surface area contributed by atoms with Gasteiger partial charge in [-0.2, -0.15) is 0 Å². The van der Waals surface area contributed by atoms with Gasteiger partial charge in [-0.25, -0.2) is 0 Å². The number of aliphatic hydroxyl groups is 1. The van der Waals surface area contributed by atoms with E-state index in [1.54, 1.807) is 0 Å². The Morgan fingerprint density at radius 2 is 2.11 bits per heavy atom. The molecule has 56 valence electrons. The predicted molar refractivity (Wildman–Crippen MR) is 39.1 cm³/mol. The van der Waals surface area contributed by atoms with E-state index in [9.17, 15) is 5.11 Å². The zero-order chi connectivity index (χ0) is 7.28. The molecule has 0 aromatic rings. The van der Waals surface area contributed by atoms with Crippen LogP contribution >= 0.6 is 0 Å². The second kappa shape index (κ2) is 4.77. The van der Waals surface area contributed by atoms with Crippen LogP contribution in [0.1, 0.15) is 26.7 Å². The van der Waals surface area contributed by atoms with Crippen LogP contribution in [-0.4, -0.2) is 17.8 Å². The molecule has 0 heterocycles. The second-order valence-corrected chi connectivity index (χ2v) is 2.53. The van der Waals surface area contributed by atoms with E-state index in [2.05, 4.69) is 0 Å². The zero-order valence-electron chi connectivity index (χ0n) is 6.30. The molecule has 0 aliphatic heterocycles. The van der Waals surface area contributed by atoms with E-state index in [1.807, 2.05) is 13.8 Å². The SMILES string of the molecule is CC[C@@H](O)[C@H](C)CCN. The van der Waals surface area contributed by atoms with Gasteiger partial charge in [0.25, 0.3) is 0 Å². The highest BCUT2D eigenvalue weighted by molar-refractivity contribution is 4.62. The summed E-state index contributed by atoms with van der Waals surface area (Å²) >= 11 is 0. The summed E-state index contributed by atoms with van der Waals surface area (Å²) in [5.74, 6) is 0.361. The first-order chi connectivity index (χ1) is 4.22. The van der Waals surface area contributed by atoms with Gasteiger partial charge >= 0.3 is 0 Å². The van der Waals surface area contributed by atoms with Crippen molar-refractivity contribution in [2.75, 3.05) is 6.54 Å². The van der Waals surface area contributed by atoms with Crippen LogP contribution in [0, 0.1) is 5.92 Å². The molecule has 0 bridgehead atoms. The summed E-state index contributed by atoms with van der Waals surface area (Å²) in [7, 11) is 0. The molecule has 0 aliphatic carbocycles. The Labute approximate surface area is 57.1 Å². The summed E-state index contributed by atoms with van der Waals surface area (Å²) in [6.45, 7) is 4.69. The highest BCUT2D eigenvalue weighted by Gasteiger charge is 2.09. The molecule has 3 N–H and O–H groups in total. The molecule has 2 heteroatoms. The number of rotatable bonds is 4. The zero-order valence-corrected chi connectivity index (χ0v) is 6.30. The molecular formula is C7H17NO. The molecule has 0 saturated carbocycles. The Balaban J connectivity index is 3.32. The smallest absolute Gasteiger partial charge is 0.0563 e. The van der Waals surface area contributed by atoms with Crippen LogP contribution in [-0.2, 0) is 0 Å². The van der Waals surface area contributed by atoms with Crippen molar-refractivity contribution in [1.29, 1.82) is 0 Å². The summed E-state index contributed by atoms with van der Waals surface area (Å²) in [5.41, 5.74) is 5.31. The maximum Gasteiger partial charge on any atom is 0.0563 e. The fourth-order valence-corrected chi connectivity index (χ4v) is 0.858. The molecule has 0 aromatic heterocycles. The lowest BCUT2D eigenvalue weighted by molar-refractivity contribution is 0.109. The maximum absolute atomic E-state index is 9.20. The quantitative estimate of drug-likeness (QED) is 0.591. The van der Waals surface area contributed by atoms with E-state index < -0.39 is 0 Å². The third-order valence-electron chi connectivity index (χ3n) is 1.70. The number of hydrogen-bond acceptors (Lipinski definition) is 2. The lowest BCUT2D eigenvalue weighted by Crippen LogP contribution is -2.19. The fraction of sp³-hybridized carbons (Fsp3) is 1.00. The Bertz CT molecular complexity index is 65.9. The highest BCUT2D eigenvalue weighted by Crippen LogP contribution is 2.08. The third-order valence-corrected chi connectivity index (χ3v) is 1.70. The van der Waals surface area contributed by atoms with E-state index in [0.717, 1.165) is 12.8 Å². The topological polar surface area (TPSA) is 46.2 Å². The fourth-order valence-electron chi connectivity index (χ4n) is 0.858. The van der Waals surface area contributed by atoms with Gasteiger partial charge in [-0.3, -0.25) is 0 Å². The predicted octanol–water partition coefficient (Wildman–Crippen LogP) is 0.742. The summed E-state index contributed by atoms with van der Waals surface area (Å²) < 4.78 is 0. The Morgan fingerprint density at radius 3 is 2.44 bits per heavy atom. The van der Waals surface area contributed by atoms with Gasteiger partial charge in [0.1, 0.15) is 0 Å². The first-order valence-electron chi connectivity index (χ1n) is 3.60. The van der Waals surface area contributed by atoms with Gasteiger partial charge in [0.15, 0.2) is 0 Å². The molecule has 9 heavy (non-hydrogen) atoms. The Morgan fingerprint density at radius 1 is 1.56 bits per heavy atom. The molecule has 0 spiro atoms. The lowest BCUT2D eigenvalue weighted by Gasteiger charge is -2.15. The molecular weight excluding hydrogens is 114 g/mol. The summed E-state index contributed by atoms with van der Waals surface area (Å²) in [5, 5.41) is 9.20. The Kier molecular flexibility index (Phi) is 4.72. The van der Waals surface area contributed by atoms with Crippen LogP contribution in [0.5, 0.6) is 0 Å². The van der Waals surface area contributed by atoms with Crippen molar-refractivity contribution in [2.24, 2.45) is 11.7 Å². The standard InChI is InChI=1S/C7H17NO/c1-3-7(9)6(2)4-5-8/h6-7,9H,3-5,8H2,1-2H3/t6-,7-/m1/s1. The molecule has 0 aliphatic rings. The number of nitrogens with two attached hydrogens (primary N) is 1. The average Bonchev–Trinajstić information content (AvgIpc) is 1.87. The van der Waals surface area contributed by atoms with Gasteiger partial charge in [-0.1, -0.05) is 13.8 Å². The van der Waals surface area contributed by atoms with Gasteiger partial charge < -0.3 is 10.8 Å². The minimum atomic E-state index is -0.159. The van der Waals surface area contributed by atoms with E-state index in [0.29, 0.717) is 12.5 Å². The summed E-state index contributed by atoms with van der Waals surface area (Å²) in [6, 6.07) is 0. The van der Waals surface area contributed by atoms with Crippen LogP contribution in [0.15, 0.2) is 0 Å². The molecule has 0 unspecified atom stereocenters. The van der Waals surface area contributed by atoms with Gasteiger partial charge in [-0.05, 0) is 25.3 Å². The van der Waals surface area contributed by atoms with Gasteiger partial charge in [0.2, 0.25) is 0 Å².